The SMILES string of the molecule is C[C@@H]1O[C@@H](OCCCCCCCCCCCCCCCCCCC[C@@H](O)CC(=O)O)[C@H](O)C[C@H]1O. The third kappa shape index (κ3) is 18.2. The van der Waals surface area contributed by atoms with Crippen LogP contribution in [0.15, 0.2) is 0 Å². The molecule has 7 nitrogen and oxygen atoms in total. The fraction of sp³-hybridized carbons (Fsp3) is 0.964. The van der Waals surface area contributed by atoms with Gasteiger partial charge in [0.1, 0.15) is 6.10 Å². The molecule has 1 fully saturated rings. The lowest BCUT2D eigenvalue weighted by Gasteiger charge is -2.35. The summed E-state index contributed by atoms with van der Waals surface area (Å²) in [6.07, 6.45) is 19.0. The van der Waals surface area contributed by atoms with E-state index in [9.17, 15) is 20.1 Å². The molecule has 1 saturated heterocycles. The van der Waals surface area contributed by atoms with Gasteiger partial charge in [0.05, 0.1) is 24.7 Å². The Morgan fingerprint density at radius 1 is 0.771 bits per heavy atom. The first kappa shape index (κ1) is 32.3. The normalized spacial score (nSPS) is 23.4. The molecule has 0 radical (unpaired) electrons. The Bertz CT molecular complexity index is 502. The summed E-state index contributed by atoms with van der Waals surface area (Å²) in [5, 5.41) is 37.7. The molecule has 5 atom stereocenters. The Morgan fingerprint density at radius 2 is 1.20 bits per heavy atom. The van der Waals surface area contributed by atoms with Crippen LogP contribution in [0.25, 0.3) is 0 Å². The summed E-state index contributed by atoms with van der Waals surface area (Å²) in [6, 6.07) is 0. The molecule has 1 aliphatic rings. The van der Waals surface area contributed by atoms with E-state index in [4.69, 9.17) is 14.6 Å². The largest absolute Gasteiger partial charge is 0.481 e. The number of aliphatic hydroxyl groups is 3. The smallest absolute Gasteiger partial charge is 0.305 e. The average molecular weight is 503 g/mol. The van der Waals surface area contributed by atoms with E-state index in [0.29, 0.717) is 19.4 Å². The highest BCUT2D eigenvalue weighted by atomic mass is 16.7. The number of ether oxygens (including phenoxy) is 2. The van der Waals surface area contributed by atoms with Gasteiger partial charge in [-0.15, -0.1) is 0 Å². The molecule has 1 aliphatic heterocycles. The van der Waals surface area contributed by atoms with Crippen LogP contribution in [-0.4, -0.2) is 63.7 Å². The van der Waals surface area contributed by atoms with E-state index >= 15 is 0 Å². The van der Waals surface area contributed by atoms with E-state index < -0.39 is 30.6 Å². The van der Waals surface area contributed by atoms with Crippen molar-refractivity contribution in [3.8, 4) is 0 Å². The van der Waals surface area contributed by atoms with Crippen molar-refractivity contribution in [1.82, 2.24) is 0 Å². The van der Waals surface area contributed by atoms with E-state index in [1.165, 1.54) is 83.5 Å². The molecular weight excluding hydrogens is 448 g/mol. The van der Waals surface area contributed by atoms with Crippen LogP contribution in [0.3, 0.4) is 0 Å². The molecule has 35 heavy (non-hydrogen) atoms. The monoisotopic (exact) mass is 502 g/mol. The highest BCUT2D eigenvalue weighted by Gasteiger charge is 2.34. The molecule has 0 bridgehead atoms. The second kappa shape index (κ2) is 21.4. The molecule has 4 N–H and O–H groups in total. The van der Waals surface area contributed by atoms with Crippen molar-refractivity contribution in [2.24, 2.45) is 0 Å². The minimum atomic E-state index is -0.919. The molecule has 0 aromatic carbocycles. The summed E-state index contributed by atoms with van der Waals surface area (Å²) in [5.74, 6) is -0.919. The standard InChI is InChI=1S/C28H54O7/c1-23-25(30)22-26(31)28(35-23)34-20-18-16-14-12-10-8-6-4-2-3-5-7-9-11-13-15-17-19-24(29)21-27(32)33/h23-26,28-31H,2-22H2,1H3,(H,32,33)/t23-,24+,25+,26+,28+/m0/s1. The van der Waals surface area contributed by atoms with Gasteiger partial charge in [0.15, 0.2) is 6.29 Å². The molecule has 0 aliphatic carbocycles. The zero-order valence-electron chi connectivity index (χ0n) is 22.2. The van der Waals surface area contributed by atoms with Crippen LogP contribution >= 0.6 is 0 Å². The first-order chi connectivity index (χ1) is 16.9. The lowest BCUT2D eigenvalue weighted by atomic mass is 10.0. The summed E-state index contributed by atoms with van der Waals surface area (Å²) in [6.45, 7) is 2.41. The number of aliphatic carboxylic acids is 1. The third-order valence-electron chi connectivity index (χ3n) is 7.06. The van der Waals surface area contributed by atoms with Gasteiger partial charge in [0.2, 0.25) is 0 Å². The summed E-state index contributed by atoms with van der Waals surface area (Å²) in [4.78, 5) is 10.5. The van der Waals surface area contributed by atoms with Gasteiger partial charge in [0.25, 0.3) is 0 Å². The van der Waals surface area contributed by atoms with Crippen LogP contribution in [0.1, 0.15) is 135 Å². The maximum atomic E-state index is 10.5. The maximum absolute atomic E-state index is 10.5. The van der Waals surface area contributed by atoms with Crippen molar-refractivity contribution >= 4 is 5.97 Å². The molecule has 1 rings (SSSR count). The number of carboxylic acids is 1. The highest BCUT2D eigenvalue weighted by Crippen LogP contribution is 2.21. The second-order valence-electron chi connectivity index (χ2n) is 10.5. The maximum Gasteiger partial charge on any atom is 0.305 e. The molecule has 7 heteroatoms. The Balaban J connectivity index is 1.73. The fourth-order valence-corrected chi connectivity index (χ4v) is 4.73. The minimum absolute atomic E-state index is 0.132. The predicted molar refractivity (Wildman–Crippen MR) is 138 cm³/mol. The number of unbranched alkanes of at least 4 members (excludes halogenated alkanes) is 16. The van der Waals surface area contributed by atoms with Crippen molar-refractivity contribution in [2.75, 3.05) is 6.61 Å². The van der Waals surface area contributed by atoms with Crippen LogP contribution in [0.2, 0.25) is 0 Å². The van der Waals surface area contributed by atoms with Gasteiger partial charge >= 0.3 is 5.97 Å². The summed E-state index contributed by atoms with van der Waals surface area (Å²) in [5.41, 5.74) is 0. The van der Waals surface area contributed by atoms with Crippen LogP contribution in [0.4, 0.5) is 0 Å². The third-order valence-corrected chi connectivity index (χ3v) is 7.06. The van der Waals surface area contributed by atoms with E-state index in [0.717, 1.165) is 25.7 Å². The lowest BCUT2D eigenvalue weighted by molar-refractivity contribution is -0.261. The van der Waals surface area contributed by atoms with Gasteiger partial charge in [-0.3, -0.25) is 4.79 Å². The van der Waals surface area contributed by atoms with Crippen molar-refractivity contribution in [3.63, 3.8) is 0 Å². The first-order valence-electron chi connectivity index (χ1n) is 14.4. The molecule has 1 heterocycles. The summed E-state index contributed by atoms with van der Waals surface area (Å²) < 4.78 is 11.2. The van der Waals surface area contributed by atoms with Gasteiger partial charge < -0.3 is 29.9 Å². The Morgan fingerprint density at radius 3 is 1.66 bits per heavy atom. The fourth-order valence-electron chi connectivity index (χ4n) is 4.73. The number of rotatable bonds is 23. The van der Waals surface area contributed by atoms with Crippen molar-refractivity contribution < 1.29 is 34.7 Å². The van der Waals surface area contributed by atoms with Crippen molar-refractivity contribution in [3.05, 3.63) is 0 Å². The van der Waals surface area contributed by atoms with Gasteiger partial charge in [-0.25, -0.2) is 0 Å². The molecule has 208 valence electrons. The number of hydrogen-bond acceptors (Lipinski definition) is 6. The van der Waals surface area contributed by atoms with E-state index in [-0.39, 0.29) is 12.5 Å². The quantitative estimate of drug-likeness (QED) is 0.132. The molecule has 0 aromatic rings. The van der Waals surface area contributed by atoms with E-state index in [2.05, 4.69) is 0 Å². The summed E-state index contributed by atoms with van der Waals surface area (Å²) >= 11 is 0. The van der Waals surface area contributed by atoms with Crippen LogP contribution in [-0.2, 0) is 14.3 Å². The van der Waals surface area contributed by atoms with Crippen LogP contribution < -0.4 is 0 Å². The van der Waals surface area contributed by atoms with Gasteiger partial charge in [-0.2, -0.15) is 0 Å². The molecular formula is C28H54O7. The van der Waals surface area contributed by atoms with Crippen LogP contribution in [0, 0.1) is 0 Å². The van der Waals surface area contributed by atoms with Gasteiger partial charge in [0, 0.05) is 13.0 Å². The van der Waals surface area contributed by atoms with Crippen LogP contribution in [0.5, 0.6) is 0 Å². The predicted octanol–water partition coefficient (Wildman–Crippen LogP) is 5.72. The zero-order valence-corrected chi connectivity index (χ0v) is 22.2. The van der Waals surface area contributed by atoms with Crippen molar-refractivity contribution in [1.29, 1.82) is 0 Å². The number of hydrogen-bond donors (Lipinski definition) is 4. The van der Waals surface area contributed by atoms with Crippen molar-refractivity contribution in [2.45, 2.75) is 166 Å². The zero-order chi connectivity index (χ0) is 25.7. The Hall–Kier alpha value is -0.730. The summed E-state index contributed by atoms with van der Waals surface area (Å²) in [7, 11) is 0. The first-order valence-corrected chi connectivity index (χ1v) is 14.4. The van der Waals surface area contributed by atoms with Gasteiger partial charge in [-0.05, 0) is 19.8 Å². The second-order valence-corrected chi connectivity index (χ2v) is 10.5. The minimum Gasteiger partial charge on any atom is -0.481 e. The van der Waals surface area contributed by atoms with Gasteiger partial charge in [-0.1, -0.05) is 103 Å². The molecule has 0 unspecified atom stereocenters. The molecule has 0 amide bonds. The van der Waals surface area contributed by atoms with E-state index in [1.807, 2.05) is 6.92 Å². The molecule has 0 spiro atoms. The number of aliphatic hydroxyl groups excluding tert-OH is 3. The lowest BCUT2D eigenvalue weighted by Crippen LogP contribution is -2.47. The number of carboxylic acid groups (broad SMARTS) is 1. The highest BCUT2D eigenvalue weighted by molar-refractivity contribution is 5.67. The average Bonchev–Trinajstić information content (AvgIpc) is 2.80. The Kier molecular flexibility index (Phi) is 19.7. The molecule has 0 saturated carbocycles. The van der Waals surface area contributed by atoms with E-state index in [1.54, 1.807) is 0 Å². The topological polar surface area (TPSA) is 116 Å². The molecule has 0 aromatic heterocycles. The number of carbonyl (C=O) groups is 1. The Labute approximate surface area is 213 Å².